The molecule has 0 spiro atoms. The number of rotatable bonds is 7. The van der Waals surface area contributed by atoms with E-state index >= 15 is 0 Å². The minimum Gasteiger partial charge on any atom is -0.473 e. The van der Waals surface area contributed by atoms with Crippen LogP contribution in [0.4, 0.5) is 5.69 Å². The van der Waals surface area contributed by atoms with Gasteiger partial charge in [0, 0.05) is 13.1 Å². The van der Waals surface area contributed by atoms with Crippen LogP contribution in [-0.4, -0.2) is 14.1 Å². The second-order valence-corrected chi connectivity index (χ2v) is 7.91. The van der Waals surface area contributed by atoms with Crippen LogP contribution in [0, 0.1) is 0 Å². The Bertz CT molecular complexity index is 1490. The van der Waals surface area contributed by atoms with Crippen molar-refractivity contribution in [3.63, 3.8) is 0 Å². The Labute approximate surface area is 196 Å². The van der Waals surface area contributed by atoms with E-state index in [1.165, 1.54) is 4.57 Å². The minimum atomic E-state index is -0.239. The first kappa shape index (κ1) is 21.3. The predicted molar refractivity (Wildman–Crippen MR) is 132 cm³/mol. The topological polar surface area (TPSA) is 84.3 Å². The lowest BCUT2D eigenvalue weighted by molar-refractivity contribution is 0.267. The van der Waals surface area contributed by atoms with Gasteiger partial charge in [0.05, 0.1) is 16.7 Å². The number of nitrogen functional groups attached to an aromatic ring is 1. The van der Waals surface area contributed by atoms with Crippen molar-refractivity contribution >= 4 is 16.7 Å². The average molecular weight is 453 g/mol. The molecule has 170 valence electrons. The van der Waals surface area contributed by atoms with Crippen LogP contribution in [0.25, 0.3) is 16.7 Å². The van der Waals surface area contributed by atoms with Crippen LogP contribution < -0.4 is 20.9 Å². The largest absolute Gasteiger partial charge is 0.473 e. The number of para-hydroxylation sites is 1. The van der Waals surface area contributed by atoms with Crippen LogP contribution >= 0.6 is 0 Å². The number of anilines is 1. The van der Waals surface area contributed by atoms with Gasteiger partial charge >= 0.3 is 5.69 Å². The summed E-state index contributed by atoms with van der Waals surface area (Å²) in [5.74, 6) is 0.704. The highest BCUT2D eigenvalue weighted by atomic mass is 16.5. The van der Waals surface area contributed by atoms with E-state index in [0.29, 0.717) is 47.4 Å². The van der Waals surface area contributed by atoms with Crippen LogP contribution in [0.1, 0.15) is 11.1 Å². The number of fused-ring (bicyclic) bond motifs is 1. The first-order chi connectivity index (χ1) is 16.6. The fourth-order valence-corrected chi connectivity index (χ4v) is 3.91. The summed E-state index contributed by atoms with van der Waals surface area (Å²) in [6.45, 7) is 0.667. The number of imidazole rings is 1. The Kier molecular flexibility index (Phi) is 5.74. The maximum atomic E-state index is 13.2. The smallest absolute Gasteiger partial charge is 0.333 e. The number of pyridine rings is 1. The average Bonchev–Trinajstić information content (AvgIpc) is 3.13. The highest BCUT2D eigenvalue weighted by Gasteiger charge is 2.19. The lowest BCUT2D eigenvalue weighted by atomic mass is 10.2. The number of benzene rings is 3. The summed E-state index contributed by atoms with van der Waals surface area (Å²) in [5.41, 5.74) is 10.3. The van der Waals surface area contributed by atoms with Crippen molar-refractivity contribution in [3.8, 4) is 17.4 Å². The third kappa shape index (κ3) is 4.11. The summed E-state index contributed by atoms with van der Waals surface area (Å²) in [4.78, 5) is 17.8. The van der Waals surface area contributed by atoms with Crippen molar-refractivity contribution in [2.24, 2.45) is 7.05 Å². The number of hydrogen-bond donors (Lipinski definition) is 1. The third-order valence-corrected chi connectivity index (χ3v) is 5.60. The Morgan fingerprint density at radius 2 is 1.44 bits per heavy atom. The van der Waals surface area contributed by atoms with E-state index in [1.54, 1.807) is 29.8 Å². The van der Waals surface area contributed by atoms with E-state index in [1.807, 2.05) is 72.8 Å². The molecule has 34 heavy (non-hydrogen) atoms. The van der Waals surface area contributed by atoms with Crippen LogP contribution in [-0.2, 0) is 20.3 Å². The zero-order chi connectivity index (χ0) is 23.5. The van der Waals surface area contributed by atoms with Crippen LogP contribution in [0.5, 0.6) is 11.8 Å². The number of nitrogens with zero attached hydrogens (tertiary/aromatic N) is 3. The van der Waals surface area contributed by atoms with E-state index in [2.05, 4.69) is 4.98 Å². The molecule has 0 bridgehead atoms. The van der Waals surface area contributed by atoms with Crippen molar-refractivity contribution in [2.45, 2.75) is 13.2 Å². The molecule has 0 saturated carbocycles. The lowest BCUT2D eigenvalue weighted by Gasteiger charge is -2.14. The number of nitrogens with two attached hydrogens (primary N) is 1. The molecule has 5 rings (SSSR count). The zero-order valence-electron chi connectivity index (χ0n) is 18.7. The highest BCUT2D eigenvalue weighted by molar-refractivity contribution is 5.89. The summed E-state index contributed by atoms with van der Waals surface area (Å²) >= 11 is 0. The SMILES string of the molecule is Cn1c(=O)n(-c2ccc(OCc3ccccc3)nc2OCc2ccccc2)c2cccc(N)c21. The molecule has 2 N–H and O–H groups in total. The molecule has 0 amide bonds. The molecule has 0 fully saturated rings. The lowest BCUT2D eigenvalue weighted by Crippen LogP contribution is -2.21. The summed E-state index contributed by atoms with van der Waals surface area (Å²) < 4.78 is 15.1. The number of ether oxygens (including phenoxy) is 2. The number of hydrogen-bond acceptors (Lipinski definition) is 5. The van der Waals surface area contributed by atoms with E-state index < -0.39 is 0 Å². The van der Waals surface area contributed by atoms with Gasteiger partial charge in [-0.15, -0.1) is 0 Å². The van der Waals surface area contributed by atoms with Gasteiger partial charge in [-0.2, -0.15) is 4.98 Å². The summed E-state index contributed by atoms with van der Waals surface area (Å²) in [7, 11) is 1.70. The van der Waals surface area contributed by atoms with Gasteiger partial charge in [0.15, 0.2) is 0 Å². The highest BCUT2D eigenvalue weighted by Crippen LogP contribution is 2.29. The summed E-state index contributed by atoms with van der Waals surface area (Å²) in [6, 6.07) is 28.6. The molecule has 0 aliphatic carbocycles. The van der Waals surface area contributed by atoms with Gasteiger partial charge in [0.25, 0.3) is 0 Å². The predicted octanol–water partition coefficient (Wildman–Crippen LogP) is 4.46. The van der Waals surface area contributed by atoms with E-state index in [0.717, 1.165) is 11.1 Å². The van der Waals surface area contributed by atoms with Crippen molar-refractivity contribution in [2.75, 3.05) is 5.73 Å². The maximum absolute atomic E-state index is 13.2. The maximum Gasteiger partial charge on any atom is 0.333 e. The molecule has 3 aromatic carbocycles. The number of aryl methyl sites for hydroxylation is 1. The first-order valence-corrected chi connectivity index (χ1v) is 10.9. The van der Waals surface area contributed by atoms with Crippen molar-refractivity contribution in [1.29, 1.82) is 0 Å². The molecule has 2 aromatic heterocycles. The van der Waals surface area contributed by atoms with Gasteiger partial charge in [-0.25, -0.2) is 4.79 Å². The summed E-state index contributed by atoms with van der Waals surface area (Å²) in [5, 5.41) is 0. The van der Waals surface area contributed by atoms with Gasteiger partial charge in [-0.1, -0.05) is 66.7 Å². The van der Waals surface area contributed by atoms with Gasteiger partial charge < -0.3 is 15.2 Å². The standard InChI is InChI=1S/C27H24N4O3/c1-30-25-21(28)13-8-14-22(25)31(27(30)32)23-15-16-24(33-17-19-9-4-2-5-10-19)29-26(23)34-18-20-11-6-3-7-12-20/h2-16H,17-18,28H2,1H3. The second-order valence-electron chi connectivity index (χ2n) is 7.91. The van der Waals surface area contributed by atoms with Gasteiger partial charge in [-0.05, 0) is 29.3 Å². The minimum absolute atomic E-state index is 0.239. The second kappa shape index (κ2) is 9.15. The van der Waals surface area contributed by atoms with E-state index in [9.17, 15) is 4.79 Å². The van der Waals surface area contributed by atoms with Crippen LogP contribution in [0.15, 0.2) is 95.8 Å². The Hall–Kier alpha value is -4.52. The van der Waals surface area contributed by atoms with Gasteiger partial charge in [-0.3, -0.25) is 9.13 Å². The van der Waals surface area contributed by atoms with Crippen molar-refractivity contribution < 1.29 is 9.47 Å². The Morgan fingerprint density at radius 3 is 2.12 bits per heavy atom. The molecule has 0 aliphatic rings. The van der Waals surface area contributed by atoms with Crippen LogP contribution in [0.3, 0.4) is 0 Å². The van der Waals surface area contributed by atoms with Crippen LogP contribution in [0.2, 0.25) is 0 Å². The first-order valence-electron chi connectivity index (χ1n) is 10.9. The molecule has 0 saturated heterocycles. The fourth-order valence-electron chi connectivity index (χ4n) is 3.91. The monoisotopic (exact) mass is 452 g/mol. The molecule has 5 aromatic rings. The molecular formula is C27H24N4O3. The Balaban J connectivity index is 1.56. The van der Waals surface area contributed by atoms with E-state index in [-0.39, 0.29) is 5.69 Å². The molecule has 7 nitrogen and oxygen atoms in total. The molecule has 2 heterocycles. The molecule has 0 aliphatic heterocycles. The molecular weight excluding hydrogens is 428 g/mol. The Morgan fingerprint density at radius 1 is 0.794 bits per heavy atom. The molecule has 0 atom stereocenters. The number of aromatic nitrogens is 3. The normalized spacial score (nSPS) is 11.0. The molecule has 0 unspecified atom stereocenters. The molecule has 7 heteroatoms. The van der Waals surface area contributed by atoms with Gasteiger partial charge in [0.1, 0.15) is 18.9 Å². The molecule has 0 radical (unpaired) electrons. The van der Waals surface area contributed by atoms with Crippen molar-refractivity contribution in [1.82, 2.24) is 14.1 Å². The fraction of sp³-hybridized carbons (Fsp3) is 0.111. The third-order valence-electron chi connectivity index (χ3n) is 5.60. The zero-order valence-corrected chi connectivity index (χ0v) is 18.7. The van der Waals surface area contributed by atoms with Gasteiger partial charge in [0.2, 0.25) is 11.8 Å². The quantitative estimate of drug-likeness (QED) is 0.369. The summed E-state index contributed by atoms with van der Waals surface area (Å²) in [6.07, 6.45) is 0. The van der Waals surface area contributed by atoms with Crippen molar-refractivity contribution in [3.05, 3.63) is 113 Å². The van der Waals surface area contributed by atoms with E-state index in [4.69, 9.17) is 15.2 Å².